The maximum Gasteiger partial charge on any atom is 0.407 e. The minimum Gasteiger partial charge on any atom is -0.445 e. The standard InChI is InChI=1S/C15H23NO4/c1-11(2)13(14(18-3)19-4)16-15(17)20-10-12-8-6-5-7-9-12/h5-9,11,13-14H,10H2,1-4H3,(H,16,17)/t13-/m0/s1. The maximum absolute atomic E-state index is 11.8. The Labute approximate surface area is 120 Å². The lowest BCUT2D eigenvalue weighted by molar-refractivity contribution is -0.129. The van der Waals surface area contributed by atoms with Crippen LogP contribution in [0.4, 0.5) is 4.79 Å². The van der Waals surface area contributed by atoms with Gasteiger partial charge in [0.25, 0.3) is 0 Å². The third-order valence-corrected chi connectivity index (χ3v) is 2.97. The third-order valence-electron chi connectivity index (χ3n) is 2.97. The monoisotopic (exact) mass is 281 g/mol. The van der Waals surface area contributed by atoms with Crippen LogP contribution in [0.2, 0.25) is 0 Å². The van der Waals surface area contributed by atoms with Crippen LogP contribution >= 0.6 is 0 Å². The number of benzene rings is 1. The highest BCUT2D eigenvalue weighted by atomic mass is 16.7. The van der Waals surface area contributed by atoms with Crippen LogP contribution in [0.25, 0.3) is 0 Å². The van der Waals surface area contributed by atoms with E-state index in [-0.39, 0.29) is 18.6 Å². The van der Waals surface area contributed by atoms with Crippen molar-refractivity contribution >= 4 is 6.09 Å². The molecule has 0 saturated carbocycles. The molecule has 0 aromatic heterocycles. The first-order valence-electron chi connectivity index (χ1n) is 6.61. The zero-order valence-corrected chi connectivity index (χ0v) is 12.5. The summed E-state index contributed by atoms with van der Waals surface area (Å²) in [6.45, 7) is 4.20. The Morgan fingerprint density at radius 1 is 1.15 bits per heavy atom. The highest BCUT2D eigenvalue weighted by Crippen LogP contribution is 2.11. The van der Waals surface area contributed by atoms with E-state index in [2.05, 4.69) is 5.32 Å². The Kier molecular flexibility index (Phi) is 7.04. The third kappa shape index (κ3) is 5.19. The predicted octanol–water partition coefficient (Wildman–Crippen LogP) is 2.56. The molecule has 0 bridgehead atoms. The minimum absolute atomic E-state index is 0.157. The van der Waals surface area contributed by atoms with E-state index < -0.39 is 12.4 Å². The molecule has 0 aliphatic rings. The molecule has 1 aromatic carbocycles. The van der Waals surface area contributed by atoms with Crippen molar-refractivity contribution in [2.24, 2.45) is 5.92 Å². The van der Waals surface area contributed by atoms with Crippen LogP contribution in [-0.2, 0) is 20.8 Å². The number of nitrogens with one attached hydrogen (secondary N) is 1. The average Bonchev–Trinajstić information content (AvgIpc) is 2.46. The van der Waals surface area contributed by atoms with Crippen LogP contribution in [0.1, 0.15) is 19.4 Å². The van der Waals surface area contributed by atoms with Crippen molar-refractivity contribution in [3.63, 3.8) is 0 Å². The summed E-state index contributed by atoms with van der Waals surface area (Å²) in [5, 5.41) is 2.78. The molecule has 0 spiro atoms. The van der Waals surface area contributed by atoms with E-state index in [4.69, 9.17) is 14.2 Å². The average molecular weight is 281 g/mol. The second kappa shape index (κ2) is 8.55. The van der Waals surface area contributed by atoms with Gasteiger partial charge in [-0.05, 0) is 11.5 Å². The first-order chi connectivity index (χ1) is 9.58. The van der Waals surface area contributed by atoms with Gasteiger partial charge in [-0.25, -0.2) is 4.79 Å². The largest absolute Gasteiger partial charge is 0.445 e. The zero-order chi connectivity index (χ0) is 15.0. The number of carbonyl (C=O) groups excluding carboxylic acids is 1. The van der Waals surface area contributed by atoms with Crippen LogP contribution in [-0.4, -0.2) is 32.6 Å². The van der Waals surface area contributed by atoms with Gasteiger partial charge in [0, 0.05) is 14.2 Å². The summed E-state index contributed by atoms with van der Waals surface area (Å²) in [5.41, 5.74) is 0.943. The SMILES string of the molecule is COC(OC)[C@@H](NC(=O)OCc1ccccc1)C(C)C. The van der Waals surface area contributed by atoms with E-state index in [0.29, 0.717) is 0 Å². The predicted molar refractivity (Wildman–Crippen MR) is 76.2 cm³/mol. The van der Waals surface area contributed by atoms with Crippen LogP contribution < -0.4 is 5.32 Å². The molecule has 0 heterocycles. The van der Waals surface area contributed by atoms with Gasteiger partial charge in [0.15, 0.2) is 6.29 Å². The lowest BCUT2D eigenvalue weighted by atomic mass is 10.0. The molecule has 0 fully saturated rings. The molecule has 0 aliphatic heterocycles. The van der Waals surface area contributed by atoms with Gasteiger partial charge in [0.05, 0.1) is 6.04 Å². The van der Waals surface area contributed by atoms with Crippen molar-refractivity contribution < 1.29 is 19.0 Å². The smallest absolute Gasteiger partial charge is 0.407 e. The van der Waals surface area contributed by atoms with Crippen LogP contribution in [0.15, 0.2) is 30.3 Å². The van der Waals surface area contributed by atoms with E-state index >= 15 is 0 Å². The molecule has 1 amide bonds. The van der Waals surface area contributed by atoms with Crippen molar-refractivity contribution in [2.75, 3.05) is 14.2 Å². The summed E-state index contributed by atoms with van der Waals surface area (Å²) < 4.78 is 15.6. The van der Waals surface area contributed by atoms with Gasteiger partial charge < -0.3 is 19.5 Å². The number of hydrogen-bond acceptors (Lipinski definition) is 4. The van der Waals surface area contributed by atoms with Gasteiger partial charge in [-0.1, -0.05) is 44.2 Å². The first kappa shape index (κ1) is 16.5. The van der Waals surface area contributed by atoms with Crippen molar-refractivity contribution in [3.8, 4) is 0 Å². The number of ether oxygens (including phenoxy) is 3. The molecule has 5 nitrogen and oxygen atoms in total. The lowest BCUT2D eigenvalue weighted by Gasteiger charge is -2.28. The minimum atomic E-state index is -0.501. The van der Waals surface area contributed by atoms with Crippen molar-refractivity contribution in [1.29, 1.82) is 0 Å². The molecular weight excluding hydrogens is 258 g/mol. The topological polar surface area (TPSA) is 56.8 Å². The molecule has 1 rings (SSSR count). The summed E-state index contributed by atoms with van der Waals surface area (Å²) >= 11 is 0. The highest BCUT2D eigenvalue weighted by molar-refractivity contribution is 5.67. The van der Waals surface area contributed by atoms with Crippen LogP contribution in [0.5, 0.6) is 0 Å². The highest BCUT2D eigenvalue weighted by Gasteiger charge is 2.26. The molecule has 0 saturated heterocycles. The van der Waals surface area contributed by atoms with Crippen LogP contribution in [0.3, 0.4) is 0 Å². The number of alkyl carbamates (subject to hydrolysis) is 1. The van der Waals surface area contributed by atoms with E-state index in [0.717, 1.165) is 5.56 Å². The van der Waals surface area contributed by atoms with E-state index in [1.807, 2.05) is 44.2 Å². The normalized spacial score (nSPS) is 12.5. The second-order valence-corrected chi connectivity index (χ2v) is 4.82. The molecular formula is C15H23NO4. The summed E-state index contributed by atoms with van der Waals surface area (Å²) in [6, 6.07) is 9.26. The Balaban J connectivity index is 2.50. The molecule has 0 radical (unpaired) electrons. The number of amides is 1. The number of hydrogen-bond donors (Lipinski definition) is 1. The van der Waals surface area contributed by atoms with Gasteiger partial charge in [-0.15, -0.1) is 0 Å². The zero-order valence-electron chi connectivity index (χ0n) is 12.5. The number of carbonyl (C=O) groups is 1. The quantitative estimate of drug-likeness (QED) is 0.780. The fourth-order valence-electron chi connectivity index (χ4n) is 1.84. The Morgan fingerprint density at radius 2 is 1.75 bits per heavy atom. The van der Waals surface area contributed by atoms with Gasteiger partial charge in [0.2, 0.25) is 0 Å². The van der Waals surface area contributed by atoms with Gasteiger partial charge in [-0.2, -0.15) is 0 Å². The fraction of sp³-hybridized carbons (Fsp3) is 0.533. The van der Waals surface area contributed by atoms with Crippen molar-refractivity contribution in [3.05, 3.63) is 35.9 Å². The number of rotatable bonds is 7. The molecule has 1 atom stereocenters. The first-order valence-corrected chi connectivity index (χ1v) is 6.61. The van der Waals surface area contributed by atoms with E-state index in [9.17, 15) is 4.79 Å². The molecule has 0 aliphatic carbocycles. The molecule has 1 aromatic rings. The van der Waals surface area contributed by atoms with Crippen molar-refractivity contribution in [2.45, 2.75) is 32.8 Å². The van der Waals surface area contributed by atoms with E-state index in [1.165, 1.54) is 0 Å². The summed E-state index contributed by atoms with van der Waals surface area (Å²) in [7, 11) is 3.08. The summed E-state index contributed by atoms with van der Waals surface area (Å²) in [4.78, 5) is 11.8. The molecule has 0 unspecified atom stereocenters. The maximum atomic E-state index is 11.8. The van der Waals surface area contributed by atoms with E-state index in [1.54, 1.807) is 14.2 Å². The van der Waals surface area contributed by atoms with Gasteiger partial charge in [0.1, 0.15) is 6.61 Å². The lowest BCUT2D eigenvalue weighted by Crippen LogP contribution is -2.48. The summed E-state index contributed by atoms with van der Waals surface area (Å²) in [6.07, 6.45) is -0.981. The molecule has 112 valence electrons. The number of methoxy groups -OCH3 is 2. The molecule has 20 heavy (non-hydrogen) atoms. The van der Waals surface area contributed by atoms with Crippen molar-refractivity contribution in [1.82, 2.24) is 5.32 Å². The Morgan fingerprint density at radius 3 is 2.25 bits per heavy atom. The van der Waals surface area contributed by atoms with Gasteiger partial charge >= 0.3 is 6.09 Å². The van der Waals surface area contributed by atoms with Gasteiger partial charge in [-0.3, -0.25) is 0 Å². The Hall–Kier alpha value is -1.59. The molecule has 1 N–H and O–H groups in total. The Bertz CT molecular complexity index is 390. The molecule has 5 heteroatoms. The second-order valence-electron chi connectivity index (χ2n) is 4.82. The fourth-order valence-corrected chi connectivity index (χ4v) is 1.84. The van der Waals surface area contributed by atoms with Crippen LogP contribution in [0, 0.1) is 5.92 Å². The summed E-state index contributed by atoms with van der Waals surface area (Å²) in [5.74, 6) is 0.157.